The first kappa shape index (κ1) is 16.0. The van der Waals surface area contributed by atoms with E-state index in [-0.39, 0.29) is 12.5 Å². The van der Waals surface area contributed by atoms with Gasteiger partial charge < -0.3 is 14.8 Å². The fourth-order valence-corrected chi connectivity index (χ4v) is 1.88. The molecule has 0 spiro atoms. The molecule has 0 saturated heterocycles. The lowest BCUT2D eigenvalue weighted by Gasteiger charge is -2.19. The molecule has 0 amide bonds. The van der Waals surface area contributed by atoms with Crippen LogP contribution < -0.4 is 10.1 Å². The highest BCUT2D eigenvalue weighted by Crippen LogP contribution is 2.22. The third-order valence-corrected chi connectivity index (χ3v) is 3.03. The van der Waals surface area contributed by atoms with Crippen LogP contribution in [-0.4, -0.2) is 25.2 Å². The van der Waals surface area contributed by atoms with Crippen LogP contribution in [0.5, 0.6) is 5.75 Å². The zero-order valence-corrected chi connectivity index (χ0v) is 13.3. The summed E-state index contributed by atoms with van der Waals surface area (Å²) in [5.41, 5.74) is 0.581. The van der Waals surface area contributed by atoms with Gasteiger partial charge in [0, 0.05) is 11.0 Å². The maximum atomic E-state index is 11.5. The maximum Gasteiger partial charge on any atom is 0.320 e. The topological polar surface area (TPSA) is 47.6 Å². The van der Waals surface area contributed by atoms with Crippen LogP contribution in [0, 0.1) is 0 Å². The van der Waals surface area contributed by atoms with Crippen LogP contribution in [0.4, 0.5) is 0 Å². The highest BCUT2D eigenvalue weighted by atomic mass is 79.9. The third kappa shape index (κ3) is 6.07. The predicted molar refractivity (Wildman–Crippen MR) is 78.2 cm³/mol. The molecule has 0 atom stereocenters. The molecule has 106 valence electrons. The van der Waals surface area contributed by atoms with Crippen molar-refractivity contribution in [2.75, 3.05) is 13.7 Å². The van der Waals surface area contributed by atoms with Gasteiger partial charge in [0.2, 0.25) is 0 Å². The lowest BCUT2D eigenvalue weighted by Crippen LogP contribution is -2.31. The Morgan fingerprint density at radius 3 is 2.63 bits per heavy atom. The van der Waals surface area contributed by atoms with Crippen molar-refractivity contribution in [1.29, 1.82) is 0 Å². The Morgan fingerprint density at radius 1 is 1.37 bits per heavy atom. The normalized spacial score (nSPS) is 11.2. The number of esters is 1. The van der Waals surface area contributed by atoms with E-state index in [4.69, 9.17) is 9.47 Å². The quantitative estimate of drug-likeness (QED) is 0.844. The van der Waals surface area contributed by atoms with Crippen LogP contribution in [0.2, 0.25) is 0 Å². The molecule has 0 aliphatic rings. The number of nitrogens with one attached hydrogen (secondary N) is 1. The molecule has 0 aliphatic carbocycles. The lowest BCUT2D eigenvalue weighted by atomic mass is 10.2. The fraction of sp³-hybridized carbons (Fsp3) is 0.500. The molecular formula is C14H20BrNO3. The van der Waals surface area contributed by atoms with Crippen LogP contribution in [0.25, 0.3) is 0 Å². The fourth-order valence-electron chi connectivity index (χ4n) is 1.49. The largest absolute Gasteiger partial charge is 0.497 e. The van der Waals surface area contributed by atoms with Gasteiger partial charge in [-0.2, -0.15) is 0 Å². The first-order chi connectivity index (χ1) is 8.81. The molecule has 5 heteroatoms. The second kappa shape index (κ2) is 6.91. The smallest absolute Gasteiger partial charge is 0.320 e. The summed E-state index contributed by atoms with van der Waals surface area (Å²) in [5, 5.41) is 3.06. The molecular weight excluding hydrogens is 310 g/mol. The number of hydrogen-bond donors (Lipinski definition) is 1. The molecule has 0 aromatic heterocycles. The first-order valence-corrected chi connectivity index (χ1v) is 6.86. The Kier molecular flexibility index (Phi) is 5.82. The Labute approximate surface area is 122 Å². The molecule has 4 nitrogen and oxygen atoms in total. The summed E-state index contributed by atoms with van der Waals surface area (Å²) in [6, 6.07) is 5.72. The molecule has 0 aliphatic heterocycles. The van der Waals surface area contributed by atoms with E-state index in [9.17, 15) is 4.79 Å². The van der Waals surface area contributed by atoms with Crippen LogP contribution in [-0.2, 0) is 16.1 Å². The average Bonchev–Trinajstić information content (AvgIpc) is 2.29. The van der Waals surface area contributed by atoms with E-state index >= 15 is 0 Å². The maximum absolute atomic E-state index is 11.5. The third-order valence-electron chi connectivity index (χ3n) is 2.26. The van der Waals surface area contributed by atoms with Crippen molar-refractivity contribution in [3.05, 3.63) is 28.2 Å². The van der Waals surface area contributed by atoms with E-state index in [0.717, 1.165) is 15.8 Å². The number of benzene rings is 1. The van der Waals surface area contributed by atoms with Crippen LogP contribution in [0.15, 0.2) is 22.7 Å². The van der Waals surface area contributed by atoms with Gasteiger partial charge in [-0.3, -0.25) is 4.79 Å². The standard InChI is InChI=1S/C14H20BrNO3/c1-14(2,3)19-13(17)9-16-8-10-7-11(18-4)5-6-12(10)15/h5-7,16H,8-9H2,1-4H3. The Balaban J connectivity index is 2.47. The van der Waals surface area contributed by atoms with E-state index in [0.29, 0.717) is 6.54 Å². The number of ether oxygens (including phenoxy) is 2. The van der Waals surface area contributed by atoms with Gasteiger partial charge in [0.05, 0.1) is 13.7 Å². The zero-order chi connectivity index (χ0) is 14.5. The molecule has 0 saturated carbocycles. The molecule has 0 bridgehead atoms. The van der Waals surface area contributed by atoms with Crippen molar-refractivity contribution in [3.63, 3.8) is 0 Å². The number of halogens is 1. The Morgan fingerprint density at radius 2 is 2.05 bits per heavy atom. The molecule has 0 fully saturated rings. The zero-order valence-electron chi connectivity index (χ0n) is 11.7. The Bertz CT molecular complexity index is 441. The molecule has 1 aromatic rings. The van der Waals surface area contributed by atoms with Crippen molar-refractivity contribution >= 4 is 21.9 Å². The van der Waals surface area contributed by atoms with Crippen LogP contribution in [0.1, 0.15) is 26.3 Å². The molecule has 0 unspecified atom stereocenters. The van der Waals surface area contributed by atoms with Gasteiger partial charge in [0.1, 0.15) is 11.4 Å². The lowest BCUT2D eigenvalue weighted by molar-refractivity contribution is -0.153. The van der Waals surface area contributed by atoms with E-state index < -0.39 is 5.60 Å². The Hall–Kier alpha value is -1.07. The van der Waals surface area contributed by atoms with Crippen molar-refractivity contribution in [2.45, 2.75) is 32.9 Å². The van der Waals surface area contributed by atoms with Gasteiger partial charge in [-0.05, 0) is 44.5 Å². The number of carbonyl (C=O) groups excluding carboxylic acids is 1. The van der Waals surface area contributed by atoms with E-state index in [1.807, 2.05) is 39.0 Å². The van der Waals surface area contributed by atoms with Crippen molar-refractivity contribution < 1.29 is 14.3 Å². The summed E-state index contributed by atoms with van der Waals surface area (Å²) >= 11 is 3.46. The summed E-state index contributed by atoms with van der Waals surface area (Å²) < 4.78 is 11.4. The van der Waals surface area contributed by atoms with E-state index in [2.05, 4.69) is 21.2 Å². The average molecular weight is 330 g/mol. The summed E-state index contributed by atoms with van der Waals surface area (Å²) in [5.74, 6) is 0.531. The van der Waals surface area contributed by atoms with Gasteiger partial charge in [0.15, 0.2) is 0 Å². The highest BCUT2D eigenvalue weighted by molar-refractivity contribution is 9.10. The summed E-state index contributed by atoms with van der Waals surface area (Å²) in [7, 11) is 1.63. The van der Waals surface area contributed by atoms with Gasteiger partial charge in [-0.25, -0.2) is 0 Å². The molecule has 1 rings (SSSR count). The molecule has 1 N–H and O–H groups in total. The van der Waals surface area contributed by atoms with Gasteiger partial charge >= 0.3 is 5.97 Å². The van der Waals surface area contributed by atoms with Crippen molar-refractivity contribution in [3.8, 4) is 5.75 Å². The highest BCUT2D eigenvalue weighted by Gasteiger charge is 2.15. The minimum absolute atomic E-state index is 0.181. The summed E-state index contributed by atoms with van der Waals surface area (Å²) in [6.45, 7) is 6.30. The monoisotopic (exact) mass is 329 g/mol. The summed E-state index contributed by atoms with van der Waals surface area (Å²) in [4.78, 5) is 11.5. The number of carbonyl (C=O) groups is 1. The van der Waals surface area contributed by atoms with E-state index in [1.54, 1.807) is 7.11 Å². The number of methoxy groups -OCH3 is 1. The second-order valence-electron chi connectivity index (χ2n) is 5.15. The molecule has 0 radical (unpaired) electrons. The molecule has 19 heavy (non-hydrogen) atoms. The minimum Gasteiger partial charge on any atom is -0.497 e. The second-order valence-corrected chi connectivity index (χ2v) is 6.00. The number of rotatable bonds is 5. The minimum atomic E-state index is -0.449. The van der Waals surface area contributed by atoms with Crippen molar-refractivity contribution in [2.24, 2.45) is 0 Å². The van der Waals surface area contributed by atoms with Crippen LogP contribution >= 0.6 is 15.9 Å². The van der Waals surface area contributed by atoms with Gasteiger partial charge in [-0.15, -0.1) is 0 Å². The summed E-state index contributed by atoms with van der Waals surface area (Å²) in [6.07, 6.45) is 0. The SMILES string of the molecule is COc1ccc(Br)c(CNCC(=O)OC(C)(C)C)c1. The van der Waals surface area contributed by atoms with Crippen molar-refractivity contribution in [1.82, 2.24) is 5.32 Å². The van der Waals surface area contributed by atoms with Gasteiger partial charge in [0.25, 0.3) is 0 Å². The van der Waals surface area contributed by atoms with E-state index in [1.165, 1.54) is 0 Å². The molecule has 1 aromatic carbocycles. The number of hydrogen-bond acceptors (Lipinski definition) is 4. The predicted octanol–water partition coefficient (Wildman–Crippen LogP) is 2.89. The van der Waals surface area contributed by atoms with Gasteiger partial charge in [-0.1, -0.05) is 15.9 Å². The van der Waals surface area contributed by atoms with Crippen LogP contribution in [0.3, 0.4) is 0 Å². The first-order valence-electron chi connectivity index (χ1n) is 6.07. The molecule has 0 heterocycles.